The minimum absolute atomic E-state index is 0.0803. The molecule has 0 radical (unpaired) electrons. The molecule has 2 fully saturated rings. The van der Waals surface area contributed by atoms with Crippen molar-refractivity contribution in [3.05, 3.63) is 11.8 Å². The Hall–Kier alpha value is -0.123. The summed E-state index contributed by atoms with van der Waals surface area (Å²) in [5.74, 6) is 0. The molecule has 0 amide bonds. The van der Waals surface area contributed by atoms with Gasteiger partial charge in [-0.05, 0) is 58.3 Å². The summed E-state index contributed by atoms with van der Waals surface area (Å²) in [6, 6.07) is 1.48. The molecule has 0 N–H and O–H groups in total. The van der Waals surface area contributed by atoms with E-state index in [2.05, 4.69) is 28.5 Å². The van der Waals surface area contributed by atoms with Crippen molar-refractivity contribution in [3.63, 3.8) is 0 Å². The summed E-state index contributed by atoms with van der Waals surface area (Å²) in [5.41, 5.74) is 2.58. The normalized spacial score (nSPS) is 23.5. The van der Waals surface area contributed by atoms with Crippen molar-refractivity contribution in [3.8, 4) is 0 Å². The van der Waals surface area contributed by atoms with Crippen LogP contribution in [0.4, 0.5) is 0 Å². The first-order chi connectivity index (χ1) is 10.9. The summed E-state index contributed by atoms with van der Waals surface area (Å²) in [6.45, 7) is 7.66. The van der Waals surface area contributed by atoms with E-state index in [-0.39, 0.29) is 9.52 Å². The van der Waals surface area contributed by atoms with Crippen molar-refractivity contribution in [2.45, 2.75) is 83.3 Å². The zero-order valence-electron chi connectivity index (χ0n) is 14.9. The average Bonchev–Trinajstić information content (AvgIpc) is 2.96. The molecule has 0 spiro atoms. The standard InChI is InChI=1S/C19H38N2Si/c1-2-17-22-18-11-12-19(20-13-7-3-4-8-14-20)21-15-9-5-6-10-16-21/h11,18-19H,2-10,12-17,22H2,1H3. The van der Waals surface area contributed by atoms with E-state index in [1.165, 1.54) is 96.4 Å². The third-order valence-corrected chi connectivity index (χ3v) is 7.14. The molecule has 0 aromatic carbocycles. The molecule has 0 aromatic heterocycles. The minimum Gasteiger partial charge on any atom is -0.288 e. The summed E-state index contributed by atoms with van der Waals surface area (Å²) in [4.78, 5) is 5.65. The number of likely N-dealkylation sites (tertiary alicyclic amines) is 2. The fourth-order valence-corrected chi connectivity index (χ4v) is 5.05. The molecule has 2 rings (SSSR count). The molecule has 3 heteroatoms. The van der Waals surface area contributed by atoms with Gasteiger partial charge in [0.1, 0.15) is 0 Å². The van der Waals surface area contributed by atoms with Crippen LogP contribution in [0.2, 0.25) is 6.04 Å². The lowest BCUT2D eigenvalue weighted by molar-refractivity contribution is 0.0482. The molecule has 2 nitrogen and oxygen atoms in total. The van der Waals surface area contributed by atoms with Gasteiger partial charge in [-0.1, -0.05) is 51.1 Å². The highest BCUT2D eigenvalue weighted by Gasteiger charge is 2.25. The quantitative estimate of drug-likeness (QED) is 0.517. The molecule has 0 bridgehead atoms. The lowest BCUT2D eigenvalue weighted by Gasteiger charge is -2.38. The monoisotopic (exact) mass is 322 g/mol. The summed E-state index contributed by atoms with van der Waals surface area (Å²) in [7, 11) is 0.0803. The first-order valence-electron chi connectivity index (χ1n) is 10.0. The van der Waals surface area contributed by atoms with E-state index >= 15 is 0 Å². The van der Waals surface area contributed by atoms with Crippen molar-refractivity contribution in [1.82, 2.24) is 9.80 Å². The first kappa shape index (κ1) is 18.2. The second kappa shape index (κ2) is 11.4. The van der Waals surface area contributed by atoms with Crippen molar-refractivity contribution in [1.29, 1.82) is 0 Å². The number of rotatable bonds is 7. The lowest BCUT2D eigenvalue weighted by atomic mass is 10.2. The van der Waals surface area contributed by atoms with E-state index in [9.17, 15) is 0 Å². The topological polar surface area (TPSA) is 6.48 Å². The van der Waals surface area contributed by atoms with E-state index in [1.807, 2.05) is 0 Å². The van der Waals surface area contributed by atoms with Crippen LogP contribution in [0.25, 0.3) is 0 Å². The first-order valence-corrected chi connectivity index (χ1v) is 11.9. The summed E-state index contributed by atoms with van der Waals surface area (Å²) in [6.07, 6.45) is 17.3. The van der Waals surface area contributed by atoms with Gasteiger partial charge >= 0.3 is 0 Å². The fraction of sp³-hybridized carbons (Fsp3) is 0.895. The van der Waals surface area contributed by atoms with Crippen molar-refractivity contribution >= 4 is 9.52 Å². The molecular formula is C19H38N2Si. The van der Waals surface area contributed by atoms with Gasteiger partial charge in [0.2, 0.25) is 0 Å². The number of hydrogen-bond acceptors (Lipinski definition) is 2. The third kappa shape index (κ3) is 6.55. The van der Waals surface area contributed by atoms with Crippen LogP contribution in [0.1, 0.15) is 71.1 Å². The third-order valence-electron chi connectivity index (χ3n) is 5.36. The summed E-state index contributed by atoms with van der Waals surface area (Å²) >= 11 is 0. The Morgan fingerprint density at radius 1 is 0.818 bits per heavy atom. The van der Waals surface area contributed by atoms with Gasteiger partial charge in [-0.25, -0.2) is 0 Å². The van der Waals surface area contributed by atoms with E-state index in [0.717, 1.165) is 0 Å². The van der Waals surface area contributed by atoms with Crippen LogP contribution in [0, 0.1) is 0 Å². The molecule has 2 heterocycles. The van der Waals surface area contributed by atoms with Crippen molar-refractivity contribution < 1.29 is 0 Å². The van der Waals surface area contributed by atoms with Gasteiger partial charge in [0, 0.05) is 9.52 Å². The predicted molar refractivity (Wildman–Crippen MR) is 101 cm³/mol. The van der Waals surface area contributed by atoms with Crippen LogP contribution in [0.15, 0.2) is 11.8 Å². The van der Waals surface area contributed by atoms with Crippen LogP contribution in [-0.2, 0) is 0 Å². The molecular weight excluding hydrogens is 284 g/mol. The fourth-order valence-electron chi connectivity index (χ4n) is 3.97. The average molecular weight is 323 g/mol. The predicted octanol–water partition coefficient (Wildman–Crippen LogP) is 3.97. The molecule has 2 saturated heterocycles. The number of hydrogen-bond donors (Lipinski definition) is 0. The molecule has 2 aliphatic heterocycles. The lowest BCUT2D eigenvalue weighted by Crippen LogP contribution is -2.49. The van der Waals surface area contributed by atoms with Crippen LogP contribution in [-0.4, -0.2) is 51.7 Å². The van der Waals surface area contributed by atoms with Crippen molar-refractivity contribution in [2.24, 2.45) is 0 Å². The maximum absolute atomic E-state index is 2.82. The van der Waals surface area contributed by atoms with Gasteiger partial charge in [0.25, 0.3) is 0 Å². The minimum atomic E-state index is 0.0803. The maximum atomic E-state index is 2.82. The van der Waals surface area contributed by atoms with Crippen LogP contribution < -0.4 is 0 Å². The largest absolute Gasteiger partial charge is 0.288 e. The van der Waals surface area contributed by atoms with Gasteiger partial charge in [0.15, 0.2) is 0 Å². The number of nitrogens with zero attached hydrogens (tertiary/aromatic N) is 2. The molecule has 0 unspecified atom stereocenters. The van der Waals surface area contributed by atoms with Crippen LogP contribution >= 0.6 is 0 Å². The zero-order chi connectivity index (χ0) is 15.5. The Balaban J connectivity index is 1.93. The second-order valence-corrected chi connectivity index (χ2v) is 8.99. The Bertz CT molecular complexity index is 270. The van der Waals surface area contributed by atoms with Crippen molar-refractivity contribution in [2.75, 3.05) is 26.2 Å². The molecule has 2 aliphatic rings. The van der Waals surface area contributed by atoms with Gasteiger partial charge in [-0.2, -0.15) is 0 Å². The van der Waals surface area contributed by atoms with E-state index in [1.54, 1.807) is 0 Å². The van der Waals surface area contributed by atoms with Gasteiger partial charge in [-0.3, -0.25) is 9.80 Å². The van der Waals surface area contributed by atoms with Gasteiger partial charge in [-0.15, -0.1) is 5.70 Å². The molecule has 0 aromatic rings. The van der Waals surface area contributed by atoms with Gasteiger partial charge in [0.05, 0.1) is 6.17 Å². The molecule has 22 heavy (non-hydrogen) atoms. The molecule has 128 valence electrons. The summed E-state index contributed by atoms with van der Waals surface area (Å²) in [5, 5.41) is 0. The van der Waals surface area contributed by atoms with Crippen LogP contribution in [0.5, 0.6) is 0 Å². The van der Waals surface area contributed by atoms with E-state index in [4.69, 9.17) is 0 Å². The molecule has 0 aliphatic carbocycles. The highest BCUT2D eigenvalue weighted by Crippen LogP contribution is 2.21. The van der Waals surface area contributed by atoms with E-state index < -0.39 is 0 Å². The Kier molecular flexibility index (Phi) is 9.46. The van der Waals surface area contributed by atoms with E-state index in [0.29, 0.717) is 6.17 Å². The second-order valence-electron chi connectivity index (χ2n) is 7.23. The highest BCUT2D eigenvalue weighted by molar-refractivity contribution is 6.41. The Morgan fingerprint density at radius 3 is 1.77 bits per heavy atom. The molecule has 0 atom stereocenters. The van der Waals surface area contributed by atoms with Crippen LogP contribution in [0.3, 0.4) is 0 Å². The SMILES string of the molecule is CCC[SiH2]C=CCC(N1CCCCCC1)N1CCCCCC1. The summed E-state index contributed by atoms with van der Waals surface area (Å²) < 4.78 is 0. The smallest absolute Gasteiger partial charge is 0.0657 e. The maximum Gasteiger partial charge on any atom is 0.0657 e. The Morgan fingerprint density at radius 2 is 1.32 bits per heavy atom. The van der Waals surface area contributed by atoms with Gasteiger partial charge < -0.3 is 0 Å². The zero-order valence-corrected chi connectivity index (χ0v) is 16.4. The Labute approximate surface area is 141 Å². The molecule has 0 saturated carbocycles. The highest BCUT2D eigenvalue weighted by atomic mass is 28.2.